The standard InChI is InChI=1S/C16H15Cl2N3O3/c1-9(12-5-4-11(17)8-13(12)18)20-14-6-3-10(16(22)19-2)7-15(14)21(23)24/h3-9,20H,1-2H3,(H,19,22)/t9-/m0/s1. The van der Waals surface area contributed by atoms with E-state index in [4.69, 9.17) is 23.2 Å². The van der Waals surface area contributed by atoms with Crippen LogP contribution in [0.2, 0.25) is 10.0 Å². The Morgan fingerprint density at radius 2 is 1.92 bits per heavy atom. The Morgan fingerprint density at radius 1 is 1.21 bits per heavy atom. The highest BCUT2D eigenvalue weighted by Gasteiger charge is 2.19. The van der Waals surface area contributed by atoms with Crippen LogP contribution in [0.1, 0.15) is 28.9 Å². The van der Waals surface area contributed by atoms with E-state index in [1.54, 1.807) is 18.2 Å². The third kappa shape index (κ3) is 3.96. The zero-order valence-corrected chi connectivity index (χ0v) is 14.5. The fraction of sp³-hybridized carbons (Fsp3) is 0.188. The van der Waals surface area contributed by atoms with Crippen molar-refractivity contribution in [2.45, 2.75) is 13.0 Å². The van der Waals surface area contributed by atoms with Crippen LogP contribution in [-0.2, 0) is 0 Å². The average Bonchev–Trinajstić information content (AvgIpc) is 2.54. The number of hydrogen-bond acceptors (Lipinski definition) is 4. The average molecular weight is 368 g/mol. The highest BCUT2D eigenvalue weighted by molar-refractivity contribution is 6.35. The van der Waals surface area contributed by atoms with Crippen LogP contribution in [0.5, 0.6) is 0 Å². The number of nitrogens with zero attached hydrogens (tertiary/aromatic N) is 1. The number of amides is 1. The topological polar surface area (TPSA) is 84.3 Å². The maximum Gasteiger partial charge on any atom is 0.293 e. The number of nitrogens with one attached hydrogen (secondary N) is 2. The van der Waals surface area contributed by atoms with E-state index < -0.39 is 10.8 Å². The zero-order chi connectivity index (χ0) is 17.9. The number of nitro groups is 1. The number of anilines is 1. The van der Waals surface area contributed by atoms with Crippen molar-refractivity contribution in [1.82, 2.24) is 5.32 Å². The minimum Gasteiger partial charge on any atom is -0.373 e. The largest absolute Gasteiger partial charge is 0.373 e. The lowest BCUT2D eigenvalue weighted by Crippen LogP contribution is -2.18. The monoisotopic (exact) mass is 367 g/mol. The third-order valence-electron chi connectivity index (χ3n) is 3.48. The number of carbonyl (C=O) groups excluding carboxylic acids is 1. The van der Waals surface area contributed by atoms with E-state index in [1.165, 1.54) is 25.2 Å². The Morgan fingerprint density at radius 3 is 2.50 bits per heavy atom. The fourth-order valence-corrected chi connectivity index (χ4v) is 2.83. The lowest BCUT2D eigenvalue weighted by atomic mass is 10.1. The van der Waals surface area contributed by atoms with Gasteiger partial charge in [-0.1, -0.05) is 29.3 Å². The molecule has 2 aromatic carbocycles. The van der Waals surface area contributed by atoms with E-state index in [0.29, 0.717) is 15.7 Å². The molecule has 0 saturated carbocycles. The molecule has 1 amide bonds. The summed E-state index contributed by atoms with van der Waals surface area (Å²) in [6.45, 7) is 1.82. The molecule has 0 aliphatic rings. The second-order valence-corrected chi connectivity index (χ2v) is 5.94. The van der Waals surface area contributed by atoms with Gasteiger partial charge in [0.2, 0.25) is 0 Å². The van der Waals surface area contributed by atoms with Gasteiger partial charge in [0.05, 0.1) is 11.0 Å². The number of nitro benzene ring substituents is 1. The summed E-state index contributed by atoms with van der Waals surface area (Å²) >= 11 is 12.0. The summed E-state index contributed by atoms with van der Waals surface area (Å²) in [5.74, 6) is -0.390. The summed E-state index contributed by atoms with van der Waals surface area (Å²) in [4.78, 5) is 22.4. The fourth-order valence-electron chi connectivity index (χ4n) is 2.25. The van der Waals surface area contributed by atoms with Crippen LogP contribution >= 0.6 is 23.2 Å². The van der Waals surface area contributed by atoms with Crippen molar-refractivity contribution in [3.63, 3.8) is 0 Å². The molecule has 24 heavy (non-hydrogen) atoms. The van der Waals surface area contributed by atoms with Gasteiger partial charge in [0, 0.05) is 28.7 Å². The highest BCUT2D eigenvalue weighted by Crippen LogP contribution is 2.32. The van der Waals surface area contributed by atoms with E-state index in [2.05, 4.69) is 10.6 Å². The summed E-state index contributed by atoms with van der Waals surface area (Å²) in [6, 6.07) is 9.03. The van der Waals surface area contributed by atoms with Crippen molar-refractivity contribution >= 4 is 40.5 Å². The van der Waals surface area contributed by atoms with E-state index in [-0.39, 0.29) is 17.3 Å². The summed E-state index contributed by atoms with van der Waals surface area (Å²) in [7, 11) is 1.46. The van der Waals surface area contributed by atoms with E-state index >= 15 is 0 Å². The smallest absolute Gasteiger partial charge is 0.293 e. The molecular formula is C16H15Cl2N3O3. The van der Waals surface area contributed by atoms with Crippen molar-refractivity contribution in [2.75, 3.05) is 12.4 Å². The minimum absolute atomic E-state index is 0.187. The molecule has 2 N–H and O–H groups in total. The van der Waals surface area contributed by atoms with Gasteiger partial charge in [0.15, 0.2) is 0 Å². The molecule has 0 radical (unpaired) electrons. The summed E-state index contributed by atoms with van der Waals surface area (Å²) < 4.78 is 0. The molecule has 2 rings (SSSR count). The molecule has 0 heterocycles. The van der Waals surface area contributed by atoms with Gasteiger partial charge in [-0.2, -0.15) is 0 Å². The Bertz CT molecular complexity index is 796. The quantitative estimate of drug-likeness (QED) is 0.604. The van der Waals surface area contributed by atoms with Crippen molar-refractivity contribution in [2.24, 2.45) is 0 Å². The van der Waals surface area contributed by atoms with Crippen LogP contribution in [0.15, 0.2) is 36.4 Å². The highest BCUT2D eigenvalue weighted by atomic mass is 35.5. The molecule has 0 aromatic heterocycles. The Balaban J connectivity index is 2.34. The van der Waals surface area contributed by atoms with Crippen LogP contribution in [0.4, 0.5) is 11.4 Å². The molecule has 8 heteroatoms. The first-order valence-corrected chi connectivity index (χ1v) is 7.81. The molecule has 0 bridgehead atoms. The first kappa shape index (κ1) is 18.0. The molecule has 0 unspecified atom stereocenters. The van der Waals surface area contributed by atoms with Crippen LogP contribution in [0.3, 0.4) is 0 Å². The van der Waals surface area contributed by atoms with Crippen LogP contribution in [-0.4, -0.2) is 17.9 Å². The number of carbonyl (C=O) groups is 1. The number of halogens is 2. The van der Waals surface area contributed by atoms with Crippen LogP contribution < -0.4 is 10.6 Å². The molecule has 0 spiro atoms. The number of rotatable bonds is 5. The van der Waals surface area contributed by atoms with Gasteiger partial charge in [-0.25, -0.2) is 0 Å². The summed E-state index contributed by atoms with van der Waals surface area (Å²) in [5, 5.41) is 17.8. The Kier molecular flexibility index (Phi) is 5.64. The van der Waals surface area contributed by atoms with Gasteiger partial charge >= 0.3 is 0 Å². The minimum atomic E-state index is -0.537. The zero-order valence-electron chi connectivity index (χ0n) is 13.0. The van der Waals surface area contributed by atoms with Crippen molar-refractivity contribution in [1.29, 1.82) is 0 Å². The van der Waals surface area contributed by atoms with E-state index in [0.717, 1.165) is 5.56 Å². The summed E-state index contributed by atoms with van der Waals surface area (Å²) in [6.07, 6.45) is 0. The van der Waals surface area contributed by atoms with Crippen LogP contribution in [0.25, 0.3) is 0 Å². The van der Waals surface area contributed by atoms with Crippen molar-refractivity contribution in [3.05, 3.63) is 67.7 Å². The number of benzene rings is 2. The van der Waals surface area contributed by atoms with E-state index in [9.17, 15) is 14.9 Å². The first-order chi connectivity index (χ1) is 11.3. The summed E-state index contributed by atoms with van der Waals surface area (Å²) in [5.41, 5.74) is 1.08. The van der Waals surface area contributed by atoms with Crippen molar-refractivity contribution in [3.8, 4) is 0 Å². The van der Waals surface area contributed by atoms with Gasteiger partial charge in [-0.3, -0.25) is 14.9 Å². The Labute approximate surface area is 148 Å². The SMILES string of the molecule is CNC(=O)c1ccc(N[C@@H](C)c2ccc(Cl)cc2Cl)c([N+](=O)[O-])c1. The normalized spacial score (nSPS) is 11.7. The molecule has 0 aliphatic heterocycles. The van der Waals surface area contributed by atoms with Gasteiger partial charge in [0.1, 0.15) is 5.69 Å². The molecule has 6 nitrogen and oxygen atoms in total. The van der Waals surface area contributed by atoms with Gasteiger partial charge in [0.25, 0.3) is 11.6 Å². The molecule has 0 saturated heterocycles. The molecule has 0 fully saturated rings. The molecule has 126 valence electrons. The van der Waals surface area contributed by atoms with Crippen LogP contribution in [0, 0.1) is 10.1 Å². The Hall–Kier alpha value is -2.31. The first-order valence-electron chi connectivity index (χ1n) is 7.05. The maximum atomic E-state index is 11.6. The molecular weight excluding hydrogens is 353 g/mol. The second-order valence-electron chi connectivity index (χ2n) is 5.10. The molecule has 0 aliphatic carbocycles. The molecule has 1 atom stereocenters. The molecule has 2 aromatic rings. The lowest BCUT2D eigenvalue weighted by molar-refractivity contribution is -0.384. The van der Waals surface area contributed by atoms with E-state index in [1.807, 2.05) is 6.92 Å². The predicted molar refractivity (Wildman–Crippen MR) is 95.0 cm³/mol. The maximum absolute atomic E-state index is 11.6. The van der Waals surface area contributed by atoms with Crippen molar-refractivity contribution < 1.29 is 9.72 Å². The second kappa shape index (κ2) is 7.51. The van der Waals surface area contributed by atoms with Gasteiger partial charge in [-0.05, 0) is 36.8 Å². The third-order valence-corrected chi connectivity index (χ3v) is 4.05. The number of hydrogen-bond donors (Lipinski definition) is 2. The van der Waals surface area contributed by atoms with Gasteiger partial charge < -0.3 is 10.6 Å². The lowest BCUT2D eigenvalue weighted by Gasteiger charge is -2.17. The van der Waals surface area contributed by atoms with Gasteiger partial charge in [-0.15, -0.1) is 0 Å². The predicted octanol–water partition coefficient (Wildman–Crippen LogP) is 4.43.